The van der Waals surface area contributed by atoms with Crippen molar-refractivity contribution in [1.29, 1.82) is 0 Å². The van der Waals surface area contributed by atoms with Gasteiger partial charge < -0.3 is 4.74 Å². The Morgan fingerprint density at radius 3 is 2.32 bits per heavy atom. The Morgan fingerprint density at radius 2 is 1.56 bits per heavy atom. The van der Waals surface area contributed by atoms with Gasteiger partial charge in [0.05, 0.1) is 6.61 Å². The van der Waals surface area contributed by atoms with Gasteiger partial charge in [0.15, 0.2) is 0 Å². The Morgan fingerprint density at radius 1 is 0.880 bits per heavy atom. The molecule has 1 saturated heterocycles. The molecule has 0 bridgehead atoms. The van der Waals surface area contributed by atoms with Gasteiger partial charge in [-0.2, -0.15) is 0 Å². The number of hydrogen-bond acceptors (Lipinski definition) is 3. The van der Waals surface area contributed by atoms with Crippen molar-refractivity contribution in [2.24, 2.45) is 0 Å². The van der Waals surface area contributed by atoms with Crippen molar-refractivity contribution in [1.82, 2.24) is 9.80 Å². The molecule has 2 aromatic rings. The van der Waals surface area contributed by atoms with E-state index < -0.39 is 0 Å². The van der Waals surface area contributed by atoms with E-state index in [4.69, 9.17) is 4.74 Å². The third-order valence-corrected chi connectivity index (χ3v) is 4.60. The molecule has 0 radical (unpaired) electrons. The topological polar surface area (TPSA) is 15.7 Å². The molecule has 0 spiro atoms. The summed E-state index contributed by atoms with van der Waals surface area (Å²) in [5, 5.41) is 0. The zero-order chi connectivity index (χ0) is 17.3. The number of benzene rings is 2. The van der Waals surface area contributed by atoms with Gasteiger partial charge in [-0.15, -0.1) is 0 Å². The average Bonchev–Trinajstić information content (AvgIpc) is 2.66. The summed E-state index contributed by atoms with van der Waals surface area (Å²) in [5.41, 5.74) is 2.57. The molecule has 132 valence electrons. The van der Waals surface area contributed by atoms with Crippen LogP contribution in [0.4, 0.5) is 0 Å². The molecule has 3 nitrogen and oxygen atoms in total. The Bertz CT molecular complexity index is 661. The highest BCUT2D eigenvalue weighted by Gasteiger charge is 2.17. The van der Waals surface area contributed by atoms with E-state index in [2.05, 4.69) is 70.5 Å². The molecule has 3 heteroatoms. The first-order chi connectivity index (χ1) is 12.3. The van der Waals surface area contributed by atoms with E-state index in [9.17, 15) is 0 Å². The van der Waals surface area contributed by atoms with Gasteiger partial charge in [-0.05, 0) is 18.6 Å². The molecule has 1 aliphatic rings. The van der Waals surface area contributed by atoms with Crippen LogP contribution < -0.4 is 4.74 Å². The van der Waals surface area contributed by atoms with Crippen molar-refractivity contribution in [2.75, 3.05) is 39.3 Å². The van der Waals surface area contributed by atoms with Crippen LogP contribution in [-0.4, -0.2) is 49.1 Å². The maximum atomic E-state index is 5.75. The van der Waals surface area contributed by atoms with Crippen LogP contribution in [-0.2, 0) is 6.54 Å². The lowest BCUT2D eigenvalue weighted by Crippen LogP contribution is -2.45. The van der Waals surface area contributed by atoms with Crippen LogP contribution in [0.3, 0.4) is 0 Å². The monoisotopic (exact) mass is 336 g/mol. The van der Waals surface area contributed by atoms with Crippen LogP contribution >= 0.6 is 0 Å². The quantitative estimate of drug-likeness (QED) is 0.762. The van der Waals surface area contributed by atoms with Gasteiger partial charge in [0.1, 0.15) is 5.75 Å². The van der Waals surface area contributed by atoms with Crippen LogP contribution in [0.5, 0.6) is 5.75 Å². The molecule has 0 amide bonds. The minimum Gasteiger partial charge on any atom is -0.494 e. The van der Waals surface area contributed by atoms with Crippen LogP contribution in [0.2, 0.25) is 0 Å². The zero-order valence-electron chi connectivity index (χ0n) is 15.1. The molecule has 1 heterocycles. The fourth-order valence-electron chi connectivity index (χ4n) is 3.20. The van der Waals surface area contributed by atoms with E-state index in [1.807, 2.05) is 13.0 Å². The third kappa shape index (κ3) is 5.45. The highest BCUT2D eigenvalue weighted by Crippen LogP contribution is 2.20. The molecule has 0 unspecified atom stereocenters. The van der Waals surface area contributed by atoms with Crippen molar-refractivity contribution in [3.05, 3.63) is 71.8 Å². The van der Waals surface area contributed by atoms with Crippen molar-refractivity contribution in [3.63, 3.8) is 0 Å². The smallest absolute Gasteiger partial charge is 0.123 e. The number of hydrogen-bond donors (Lipinski definition) is 0. The molecule has 0 N–H and O–H groups in total. The number of rotatable bonds is 7. The number of nitrogens with zero attached hydrogens (tertiary/aromatic N) is 2. The first kappa shape index (κ1) is 17.7. The molecule has 0 aliphatic carbocycles. The van der Waals surface area contributed by atoms with Crippen molar-refractivity contribution in [3.8, 4) is 5.75 Å². The molecule has 3 rings (SSSR count). The number of para-hydroxylation sites is 1. The Kier molecular flexibility index (Phi) is 6.66. The first-order valence-electron chi connectivity index (χ1n) is 9.22. The van der Waals surface area contributed by atoms with Gasteiger partial charge in [-0.25, -0.2) is 0 Å². The second kappa shape index (κ2) is 9.40. The maximum absolute atomic E-state index is 5.75. The van der Waals surface area contributed by atoms with Crippen LogP contribution in [0.15, 0.2) is 60.7 Å². The standard InChI is InChI=1S/C22H28N2O/c1-2-25-22-13-7-6-12-21(22)19-24-17-15-23(16-18-24)14-8-11-20-9-4-3-5-10-20/h3-13H,2,14-19H2,1H3. The van der Waals surface area contributed by atoms with Gasteiger partial charge in [-0.1, -0.05) is 60.7 Å². The van der Waals surface area contributed by atoms with Crippen LogP contribution in [0.1, 0.15) is 18.1 Å². The lowest BCUT2D eigenvalue weighted by atomic mass is 10.1. The molecule has 0 atom stereocenters. The summed E-state index contributed by atoms with van der Waals surface area (Å²) >= 11 is 0. The van der Waals surface area contributed by atoms with E-state index in [1.165, 1.54) is 11.1 Å². The second-order valence-corrected chi connectivity index (χ2v) is 6.43. The van der Waals surface area contributed by atoms with Crippen molar-refractivity contribution >= 4 is 6.08 Å². The van der Waals surface area contributed by atoms with Crippen LogP contribution in [0, 0.1) is 0 Å². The van der Waals surface area contributed by atoms with E-state index >= 15 is 0 Å². The summed E-state index contributed by atoms with van der Waals surface area (Å²) in [5.74, 6) is 1.03. The summed E-state index contributed by atoms with van der Waals surface area (Å²) in [6.45, 7) is 9.23. The number of ether oxygens (including phenoxy) is 1. The predicted octanol–water partition coefficient (Wildman–Crippen LogP) is 3.92. The van der Waals surface area contributed by atoms with Gasteiger partial charge in [0.2, 0.25) is 0 Å². The van der Waals surface area contributed by atoms with Gasteiger partial charge in [0.25, 0.3) is 0 Å². The summed E-state index contributed by atoms with van der Waals surface area (Å²) in [6.07, 6.45) is 4.49. The SMILES string of the molecule is CCOc1ccccc1CN1CCN(CC=Cc2ccccc2)CC1. The lowest BCUT2D eigenvalue weighted by molar-refractivity contribution is 0.136. The average molecular weight is 336 g/mol. The predicted molar refractivity (Wildman–Crippen MR) is 105 cm³/mol. The molecule has 0 saturated carbocycles. The normalized spacial score (nSPS) is 16.4. The van der Waals surface area contributed by atoms with Crippen molar-refractivity contribution in [2.45, 2.75) is 13.5 Å². The molecule has 1 fully saturated rings. The molecule has 0 aromatic heterocycles. The maximum Gasteiger partial charge on any atom is 0.123 e. The summed E-state index contributed by atoms with van der Waals surface area (Å²) < 4.78 is 5.75. The van der Waals surface area contributed by atoms with E-state index in [-0.39, 0.29) is 0 Å². The summed E-state index contributed by atoms with van der Waals surface area (Å²) in [6, 6.07) is 18.9. The van der Waals surface area contributed by atoms with E-state index in [0.29, 0.717) is 0 Å². The lowest BCUT2D eigenvalue weighted by Gasteiger charge is -2.34. The fourth-order valence-corrected chi connectivity index (χ4v) is 3.20. The second-order valence-electron chi connectivity index (χ2n) is 6.43. The van der Waals surface area contributed by atoms with Gasteiger partial charge in [-0.3, -0.25) is 9.80 Å². The fraction of sp³-hybridized carbons (Fsp3) is 0.364. The highest BCUT2D eigenvalue weighted by atomic mass is 16.5. The van der Waals surface area contributed by atoms with E-state index in [0.717, 1.165) is 51.6 Å². The van der Waals surface area contributed by atoms with Gasteiger partial charge >= 0.3 is 0 Å². The number of piperazine rings is 1. The van der Waals surface area contributed by atoms with Crippen molar-refractivity contribution < 1.29 is 4.74 Å². The first-order valence-corrected chi connectivity index (χ1v) is 9.22. The zero-order valence-corrected chi connectivity index (χ0v) is 15.1. The minimum atomic E-state index is 0.721. The Balaban J connectivity index is 1.45. The van der Waals surface area contributed by atoms with Gasteiger partial charge in [0, 0.05) is 44.8 Å². The summed E-state index contributed by atoms with van der Waals surface area (Å²) in [7, 11) is 0. The highest BCUT2D eigenvalue weighted by molar-refractivity contribution is 5.48. The molecular weight excluding hydrogens is 308 g/mol. The van der Waals surface area contributed by atoms with E-state index in [1.54, 1.807) is 0 Å². The molecule has 2 aromatic carbocycles. The Hall–Kier alpha value is -2.10. The minimum absolute atomic E-state index is 0.721. The molecule has 25 heavy (non-hydrogen) atoms. The Labute approximate surface area is 151 Å². The summed E-state index contributed by atoms with van der Waals surface area (Å²) in [4.78, 5) is 5.04. The molecular formula is C22H28N2O. The van der Waals surface area contributed by atoms with Crippen LogP contribution in [0.25, 0.3) is 6.08 Å². The molecule has 1 aliphatic heterocycles. The largest absolute Gasteiger partial charge is 0.494 e. The third-order valence-electron chi connectivity index (χ3n) is 4.60.